The van der Waals surface area contributed by atoms with E-state index in [9.17, 15) is 4.79 Å². The minimum atomic E-state index is -0.517. The Morgan fingerprint density at radius 2 is 2.19 bits per heavy atom. The molecular weight excluding hydrogens is 206 g/mol. The first-order chi connectivity index (χ1) is 7.35. The fourth-order valence-electron chi connectivity index (χ4n) is 1.28. The van der Waals surface area contributed by atoms with Crippen LogP contribution < -0.4 is 5.73 Å². The number of aryl methyl sites for hydroxylation is 1. The molecule has 5 nitrogen and oxygen atoms in total. The summed E-state index contributed by atoms with van der Waals surface area (Å²) in [5.41, 5.74) is 5.63. The summed E-state index contributed by atoms with van der Waals surface area (Å²) in [7, 11) is 0. The Morgan fingerprint density at radius 1 is 1.56 bits per heavy atom. The van der Waals surface area contributed by atoms with Crippen molar-refractivity contribution in [3.8, 4) is 0 Å². The van der Waals surface area contributed by atoms with Crippen LogP contribution in [-0.2, 0) is 11.3 Å². The van der Waals surface area contributed by atoms with E-state index in [1.807, 2.05) is 27.7 Å². The molecule has 0 aromatic carbocycles. The number of nitrogens with zero attached hydrogens (tertiary/aromatic N) is 2. The molecule has 0 amide bonds. The average Bonchev–Trinajstić information content (AvgIpc) is 2.46. The maximum atomic E-state index is 11.7. The van der Waals surface area contributed by atoms with E-state index < -0.39 is 11.6 Å². The Bertz CT molecular complexity index is 377. The molecule has 1 aromatic rings. The number of carbonyl (C=O) groups excluding carboxylic acids is 1. The quantitative estimate of drug-likeness (QED) is 0.797. The smallest absolute Gasteiger partial charge is 0.344 e. The topological polar surface area (TPSA) is 70.1 Å². The van der Waals surface area contributed by atoms with Crippen LogP contribution in [0, 0.1) is 0 Å². The molecule has 1 heterocycles. The SMILES string of the molecule is CCCn1ncc(C(=O)OC(C)(C)C)c1N. The molecular formula is C11H19N3O2. The summed E-state index contributed by atoms with van der Waals surface area (Å²) in [6, 6.07) is 0. The molecule has 90 valence electrons. The molecule has 0 radical (unpaired) electrons. The molecule has 16 heavy (non-hydrogen) atoms. The van der Waals surface area contributed by atoms with Crippen molar-refractivity contribution in [2.24, 2.45) is 0 Å². The van der Waals surface area contributed by atoms with Crippen molar-refractivity contribution in [3.63, 3.8) is 0 Å². The number of anilines is 1. The number of nitrogen functional groups attached to an aromatic ring is 1. The number of rotatable bonds is 3. The number of hydrogen-bond donors (Lipinski definition) is 1. The minimum absolute atomic E-state index is 0.336. The first-order valence-electron chi connectivity index (χ1n) is 5.39. The number of aromatic nitrogens is 2. The summed E-state index contributed by atoms with van der Waals surface area (Å²) < 4.78 is 6.83. The van der Waals surface area contributed by atoms with Crippen LogP contribution in [-0.4, -0.2) is 21.4 Å². The van der Waals surface area contributed by atoms with Gasteiger partial charge in [-0.1, -0.05) is 6.92 Å². The second-order valence-corrected chi connectivity index (χ2v) is 4.67. The lowest BCUT2D eigenvalue weighted by molar-refractivity contribution is 0.00707. The highest BCUT2D eigenvalue weighted by Crippen LogP contribution is 2.17. The zero-order chi connectivity index (χ0) is 12.3. The van der Waals surface area contributed by atoms with Gasteiger partial charge in [-0.3, -0.25) is 0 Å². The van der Waals surface area contributed by atoms with Crippen molar-refractivity contribution in [1.29, 1.82) is 0 Å². The van der Waals surface area contributed by atoms with Gasteiger partial charge in [0.1, 0.15) is 17.0 Å². The Morgan fingerprint density at radius 3 is 2.69 bits per heavy atom. The lowest BCUT2D eigenvalue weighted by Gasteiger charge is -2.19. The van der Waals surface area contributed by atoms with Gasteiger partial charge < -0.3 is 10.5 Å². The third kappa shape index (κ3) is 2.98. The van der Waals surface area contributed by atoms with Gasteiger partial charge in [0, 0.05) is 6.54 Å². The van der Waals surface area contributed by atoms with E-state index in [0.717, 1.165) is 6.42 Å². The summed E-state index contributed by atoms with van der Waals surface area (Å²) in [6.45, 7) is 8.18. The van der Waals surface area contributed by atoms with E-state index >= 15 is 0 Å². The van der Waals surface area contributed by atoms with Gasteiger partial charge in [0.15, 0.2) is 0 Å². The summed E-state index contributed by atoms with van der Waals surface area (Å²) in [5.74, 6) is -0.0524. The fraction of sp³-hybridized carbons (Fsp3) is 0.636. The third-order valence-corrected chi connectivity index (χ3v) is 1.93. The van der Waals surface area contributed by atoms with Crippen molar-refractivity contribution in [2.75, 3.05) is 5.73 Å². The maximum absolute atomic E-state index is 11.7. The highest BCUT2D eigenvalue weighted by molar-refractivity contribution is 5.94. The predicted octanol–water partition coefficient (Wildman–Crippen LogP) is 1.83. The van der Waals surface area contributed by atoms with E-state index in [1.165, 1.54) is 6.20 Å². The molecule has 0 bridgehead atoms. The molecule has 0 unspecified atom stereocenters. The Balaban J connectivity index is 2.84. The first-order valence-corrected chi connectivity index (χ1v) is 5.39. The molecule has 0 saturated carbocycles. The van der Waals surface area contributed by atoms with Crippen molar-refractivity contribution >= 4 is 11.8 Å². The zero-order valence-corrected chi connectivity index (χ0v) is 10.3. The highest BCUT2D eigenvalue weighted by atomic mass is 16.6. The second kappa shape index (κ2) is 4.55. The standard InChI is InChI=1S/C11H19N3O2/c1-5-6-14-9(12)8(7-13-14)10(15)16-11(2,3)4/h7H,5-6,12H2,1-4H3. The van der Waals surface area contributed by atoms with Crippen molar-refractivity contribution in [2.45, 2.75) is 46.3 Å². The summed E-state index contributed by atoms with van der Waals surface area (Å²) in [4.78, 5) is 11.7. The van der Waals surface area contributed by atoms with Crippen LogP contribution in [0.3, 0.4) is 0 Å². The van der Waals surface area contributed by atoms with Crippen LogP contribution >= 0.6 is 0 Å². The number of carbonyl (C=O) groups is 1. The van der Waals surface area contributed by atoms with E-state index in [4.69, 9.17) is 10.5 Å². The maximum Gasteiger partial charge on any atom is 0.344 e. The average molecular weight is 225 g/mol. The van der Waals surface area contributed by atoms with Crippen LogP contribution in [0.4, 0.5) is 5.82 Å². The van der Waals surface area contributed by atoms with Gasteiger partial charge in [-0.2, -0.15) is 5.10 Å². The van der Waals surface area contributed by atoms with Gasteiger partial charge in [0.25, 0.3) is 0 Å². The van der Waals surface area contributed by atoms with E-state index in [0.29, 0.717) is 17.9 Å². The predicted molar refractivity (Wildman–Crippen MR) is 62.1 cm³/mol. The summed E-state index contributed by atoms with van der Waals surface area (Å²) >= 11 is 0. The Labute approximate surface area is 95.6 Å². The van der Waals surface area contributed by atoms with Crippen LogP contribution in [0.5, 0.6) is 0 Å². The molecule has 0 aliphatic carbocycles. The molecule has 0 aliphatic heterocycles. The van der Waals surface area contributed by atoms with Gasteiger partial charge in [-0.05, 0) is 27.2 Å². The zero-order valence-electron chi connectivity index (χ0n) is 10.3. The molecule has 2 N–H and O–H groups in total. The Kier molecular flexibility index (Phi) is 3.57. The van der Waals surface area contributed by atoms with E-state index in [-0.39, 0.29) is 0 Å². The number of nitrogens with two attached hydrogens (primary N) is 1. The lowest BCUT2D eigenvalue weighted by Crippen LogP contribution is -2.24. The monoisotopic (exact) mass is 225 g/mol. The minimum Gasteiger partial charge on any atom is -0.456 e. The molecule has 5 heteroatoms. The van der Waals surface area contributed by atoms with Gasteiger partial charge in [0.05, 0.1) is 6.20 Å². The molecule has 0 fully saturated rings. The molecule has 0 atom stereocenters. The van der Waals surface area contributed by atoms with Crippen molar-refractivity contribution in [1.82, 2.24) is 9.78 Å². The molecule has 0 spiro atoms. The van der Waals surface area contributed by atoms with E-state index in [2.05, 4.69) is 5.10 Å². The molecule has 0 saturated heterocycles. The number of esters is 1. The number of ether oxygens (including phenoxy) is 1. The van der Waals surface area contributed by atoms with Gasteiger partial charge in [-0.25, -0.2) is 9.48 Å². The first kappa shape index (κ1) is 12.5. The van der Waals surface area contributed by atoms with Gasteiger partial charge in [0.2, 0.25) is 0 Å². The fourth-order valence-corrected chi connectivity index (χ4v) is 1.28. The van der Waals surface area contributed by atoms with Crippen LogP contribution in [0.2, 0.25) is 0 Å². The van der Waals surface area contributed by atoms with E-state index in [1.54, 1.807) is 4.68 Å². The summed E-state index contributed by atoms with van der Waals surface area (Å²) in [5, 5.41) is 4.05. The second-order valence-electron chi connectivity index (χ2n) is 4.67. The highest BCUT2D eigenvalue weighted by Gasteiger charge is 2.22. The van der Waals surface area contributed by atoms with Crippen molar-refractivity contribution in [3.05, 3.63) is 11.8 Å². The van der Waals surface area contributed by atoms with Crippen LogP contribution in [0.15, 0.2) is 6.20 Å². The summed E-state index contributed by atoms with van der Waals surface area (Å²) in [6.07, 6.45) is 2.37. The van der Waals surface area contributed by atoms with Gasteiger partial charge >= 0.3 is 5.97 Å². The van der Waals surface area contributed by atoms with Crippen LogP contribution in [0.25, 0.3) is 0 Å². The third-order valence-electron chi connectivity index (χ3n) is 1.93. The van der Waals surface area contributed by atoms with Gasteiger partial charge in [-0.15, -0.1) is 0 Å². The van der Waals surface area contributed by atoms with Crippen molar-refractivity contribution < 1.29 is 9.53 Å². The molecule has 0 aliphatic rings. The molecule has 1 rings (SSSR count). The van der Waals surface area contributed by atoms with Crippen LogP contribution in [0.1, 0.15) is 44.5 Å². The largest absolute Gasteiger partial charge is 0.456 e. The lowest BCUT2D eigenvalue weighted by atomic mass is 10.2. The molecule has 1 aromatic heterocycles. The number of hydrogen-bond acceptors (Lipinski definition) is 4. The Hall–Kier alpha value is -1.52. The normalized spacial score (nSPS) is 11.5.